The van der Waals surface area contributed by atoms with E-state index in [9.17, 15) is 18.5 Å². The first-order valence-electron chi connectivity index (χ1n) is 11.3. The van der Waals surface area contributed by atoms with Gasteiger partial charge in [0.1, 0.15) is 5.69 Å². The molecule has 1 N–H and O–H groups in total. The van der Waals surface area contributed by atoms with Crippen molar-refractivity contribution >= 4 is 33.7 Å². The normalized spacial score (nSPS) is 15.5. The zero-order valence-electron chi connectivity index (χ0n) is 19.2. The summed E-state index contributed by atoms with van der Waals surface area (Å²) in [5.41, 5.74) is 4.52. The molecule has 0 amide bonds. The SMILES string of the molecule is CCCCCC(/C=N\Nc1ccc(S(=O)(=O)N2CCOCC2)cc1[N+](=O)[O-])=C/c1ccccc1. The molecule has 2 aromatic rings. The van der Waals surface area contributed by atoms with Crippen molar-refractivity contribution in [1.82, 2.24) is 4.31 Å². The van der Waals surface area contributed by atoms with Crippen LogP contribution < -0.4 is 5.43 Å². The van der Waals surface area contributed by atoms with Crippen LogP contribution in [0.15, 0.2) is 64.1 Å². The summed E-state index contributed by atoms with van der Waals surface area (Å²) in [5.74, 6) is 0. The molecule has 3 rings (SSSR count). The van der Waals surface area contributed by atoms with E-state index in [0.717, 1.165) is 42.9 Å². The van der Waals surface area contributed by atoms with Crippen LogP contribution in [0.1, 0.15) is 38.2 Å². The van der Waals surface area contributed by atoms with Gasteiger partial charge in [-0.2, -0.15) is 9.41 Å². The second kappa shape index (κ2) is 12.4. The third kappa shape index (κ3) is 6.96. The zero-order chi connectivity index (χ0) is 24.4. The number of allylic oxidation sites excluding steroid dienone is 1. The minimum atomic E-state index is -3.84. The van der Waals surface area contributed by atoms with E-state index < -0.39 is 14.9 Å². The van der Waals surface area contributed by atoms with E-state index in [0.29, 0.717) is 13.2 Å². The van der Waals surface area contributed by atoms with Crippen LogP contribution in [-0.2, 0) is 14.8 Å². The van der Waals surface area contributed by atoms with Crippen LogP contribution in [0.3, 0.4) is 0 Å². The quantitative estimate of drug-likeness (QED) is 0.214. The zero-order valence-corrected chi connectivity index (χ0v) is 20.0. The number of hydrogen-bond donors (Lipinski definition) is 1. The summed E-state index contributed by atoms with van der Waals surface area (Å²) in [4.78, 5) is 10.9. The van der Waals surface area contributed by atoms with Gasteiger partial charge in [-0.25, -0.2) is 8.42 Å². The van der Waals surface area contributed by atoms with Crippen LogP contribution in [0.2, 0.25) is 0 Å². The number of hydrazone groups is 1. The lowest BCUT2D eigenvalue weighted by Crippen LogP contribution is -2.40. The molecule has 0 aliphatic carbocycles. The number of nitro benzene ring substituents is 1. The van der Waals surface area contributed by atoms with Crippen LogP contribution in [-0.4, -0.2) is 50.2 Å². The Morgan fingerprint density at radius 2 is 1.91 bits per heavy atom. The Bertz CT molecular complexity index is 1130. The van der Waals surface area contributed by atoms with Gasteiger partial charge in [0.15, 0.2) is 0 Å². The maximum atomic E-state index is 12.9. The van der Waals surface area contributed by atoms with E-state index >= 15 is 0 Å². The molecule has 0 bridgehead atoms. The Labute approximate surface area is 200 Å². The summed E-state index contributed by atoms with van der Waals surface area (Å²) < 4.78 is 32.2. The van der Waals surface area contributed by atoms with Gasteiger partial charge in [-0.05, 0) is 36.1 Å². The van der Waals surface area contributed by atoms with E-state index in [2.05, 4.69) is 17.5 Å². The Hall–Kier alpha value is -3.08. The third-order valence-electron chi connectivity index (χ3n) is 5.41. The molecule has 0 unspecified atom stereocenters. The minimum Gasteiger partial charge on any atom is -0.379 e. The lowest BCUT2D eigenvalue weighted by atomic mass is 10.1. The lowest BCUT2D eigenvalue weighted by molar-refractivity contribution is -0.384. The summed E-state index contributed by atoms with van der Waals surface area (Å²) in [5, 5.41) is 15.9. The predicted molar refractivity (Wildman–Crippen MR) is 133 cm³/mol. The summed E-state index contributed by atoms with van der Waals surface area (Å²) in [6, 6.07) is 13.7. The van der Waals surface area contributed by atoms with Crippen LogP contribution in [0, 0.1) is 10.1 Å². The van der Waals surface area contributed by atoms with E-state index in [4.69, 9.17) is 4.74 Å². The van der Waals surface area contributed by atoms with Gasteiger partial charge in [0.05, 0.1) is 29.2 Å². The fourth-order valence-electron chi connectivity index (χ4n) is 3.55. The molecule has 2 aromatic carbocycles. The number of sulfonamides is 1. The van der Waals surface area contributed by atoms with Crippen molar-refractivity contribution < 1.29 is 18.1 Å². The molecule has 0 atom stereocenters. The van der Waals surface area contributed by atoms with Gasteiger partial charge < -0.3 is 4.74 Å². The highest BCUT2D eigenvalue weighted by atomic mass is 32.2. The number of morpholine rings is 1. The Balaban J connectivity index is 1.80. The maximum Gasteiger partial charge on any atom is 0.295 e. The van der Waals surface area contributed by atoms with Gasteiger partial charge in [-0.1, -0.05) is 56.2 Å². The first-order valence-corrected chi connectivity index (χ1v) is 12.8. The van der Waals surface area contributed by atoms with Gasteiger partial charge >= 0.3 is 0 Å². The average molecular weight is 487 g/mol. The topological polar surface area (TPSA) is 114 Å². The third-order valence-corrected chi connectivity index (χ3v) is 7.30. The predicted octanol–water partition coefficient (Wildman–Crippen LogP) is 4.68. The van der Waals surface area contributed by atoms with Crippen molar-refractivity contribution in [3.8, 4) is 0 Å². The molecule has 0 saturated carbocycles. The number of nitro groups is 1. The molecule has 34 heavy (non-hydrogen) atoms. The molecular weight excluding hydrogens is 456 g/mol. The minimum absolute atomic E-state index is 0.120. The molecule has 1 aliphatic heterocycles. The number of hydrogen-bond acceptors (Lipinski definition) is 7. The Morgan fingerprint density at radius 3 is 2.59 bits per heavy atom. The molecule has 1 fully saturated rings. The number of unbranched alkanes of at least 4 members (excludes halogenated alkanes) is 2. The Morgan fingerprint density at radius 1 is 1.18 bits per heavy atom. The second-order valence-corrected chi connectivity index (χ2v) is 9.85. The van der Waals surface area contributed by atoms with Gasteiger partial charge in [-0.3, -0.25) is 15.5 Å². The van der Waals surface area contributed by atoms with Crippen molar-refractivity contribution in [3.63, 3.8) is 0 Å². The van der Waals surface area contributed by atoms with Crippen molar-refractivity contribution in [2.45, 2.75) is 37.5 Å². The van der Waals surface area contributed by atoms with E-state index in [-0.39, 0.29) is 29.4 Å². The smallest absolute Gasteiger partial charge is 0.295 e. The van der Waals surface area contributed by atoms with Crippen LogP contribution in [0.5, 0.6) is 0 Å². The largest absolute Gasteiger partial charge is 0.379 e. The fraction of sp³-hybridized carbons (Fsp3) is 0.375. The number of rotatable bonds is 11. The van der Waals surface area contributed by atoms with Gasteiger partial charge in [0.2, 0.25) is 10.0 Å². The highest BCUT2D eigenvalue weighted by molar-refractivity contribution is 7.89. The summed E-state index contributed by atoms with van der Waals surface area (Å²) in [7, 11) is -3.84. The van der Waals surface area contributed by atoms with Crippen molar-refractivity contribution in [2.75, 3.05) is 31.7 Å². The van der Waals surface area contributed by atoms with Crippen LogP contribution in [0.25, 0.3) is 6.08 Å². The van der Waals surface area contributed by atoms with Crippen molar-refractivity contribution in [3.05, 3.63) is 69.8 Å². The molecule has 10 heteroatoms. The monoisotopic (exact) mass is 486 g/mol. The number of ether oxygens (including phenoxy) is 1. The number of nitrogens with one attached hydrogen (secondary N) is 1. The lowest BCUT2D eigenvalue weighted by Gasteiger charge is -2.26. The van der Waals surface area contributed by atoms with Crippen LogP contribution >= 0.6 is 0 Å². The van der Waals surface area contributed by atoms with E-state index in [1.807, 2.05) is 36.4 Å². The average Bonchev–Trinajstić information content (AvgIpc) is 2.85. The highest BCUT2D eigenvalue weighted by Crippen LogP contribution is 2.29. The summed E-state index contributed by atoms with van der Waals surface area (Å²) in [6.07, 6.45) is 7.72. The first kappa shape index (κ1) is 25.5. The number of anilines is 1. The molecule has 1 saturated heterocycles. The molecule has 182 valence electrons. The first-order chi connectivity index (χ1) is 16.4. The second-order valence-electron chi connectivity index (χ2n) is 7.91. The highest BCUT2D eigenvalue weighted by Gasteiger charge is 2.28. The number of benzene rings is 2. The summed E-state index contributed by atoms with van der Waals surface area (Å²) in [6.45, 7) is 3.17. The van der Waals surface area contributed by atoms with Crippen LogP contribution in [0.4, 0.5) is 11.4 Å². The molecule has 0 aromatic heterocycles. The van der Waals surface area contributed by atoms with Gasteiger partial charge in [-0.15, -0.1) is 0 Å². The number of nitrogens with zero attached hydrogens (tertiary/aromatic N) is 3. The molecule has 1 aliphatic rings. The maximum absolute atomic E-state index is 12.9. The van der Waals surface area contributed by atoms with Gasteiger partial charge in [0, 0.05) is 19.2 Å². The Kier molecular flexibility index (Phi) is 9.32. The molecule has 0 radical (unpaired) electrons. The van der Waals surface area contributed by atoms with Gasteiger partial charge in [0.25, 0.3) is 5.69 Å². The van der Waals surface area contributed by atoms with E-state index in [1.165, 1.54) is 16.4 Å². The van der Waals surface area contributed by atoms with Crippen molar-refractivity contribution in [2.24, 2.45) is 5.10 Å². The molecular formula is C24H30N4O5S. The van der Waals surface area contributed by atoms with Crippen molar-refractivity contribution in [1.29, 1.82) is 0 Å². The molecule has 0 spiro atoms. The fourth-order valence-corrected chi connectivity index (χ4v) is 4.98. The molecule has 9 nitrogen and oxygen atoms in total. The van der Waals surface area contributed by atoms with E-state index in [1.54, 1.807) is 6.21 Å². The molecule has 1 heterocycles. The standard InChI is InChI=1S/C24H30N4O5S/c1-2-3-5-10-21(17-20-8-6-4-7-9-20)19-25-26-23-12-11-22(18-24(23)28(29)30)34(31,32)27-13-15-33-16-14-27/h4,6-9,11-12,17-19,26H,2-3,5,10,13-16H2,1H3/b21-17-,25-19-. The summed E-state index contributed by atoms with van der Waals surface area (Å²) >= 11 is 0.